The number of nitrogens with one attached hydrogen (secondary N) is 1. The molecule has 0 spiro atoms. The van der Waals surface area contributed by atoms with Gasteiger partial charge in [0.15, 0.2) is 0 Å². The summed E-state index contributed by atoms with van der Waals surface area (Å²) in [5.74, 6) is 5.31. The second-order valence-electron chi connectivity index (χ2n) is 4.14. The Balaban J connectivity index is 2.26. The second kappa shape index (κ2) is 6.57. The van der Waals surface area contributed by atoms with Crippen LogP contribution in [-0.2, 0) is 16.6 Å². The fraction of sp³-hybridized carbons (Fsp3) is 0.250. The van der Waals surface area contributed by atoms with Crippen molar-refractivity contribution in [3.05, 3.63) is 42.5 Å². The van der Waals surface area contributed by atoms with Gasteiger partial charge in [-0.2, -0.15) is 4.31 Å². The maximum atomic E-state index is 12.5. The third-order valence-electron chi connectivity index (χ3n) is 2.81. The molecule has 0 saturated heterocycles. The number of aromatic nitrogens is 3. The van der Waals surface area contributed by atoms with Crippen LogP contribution in [0.5, 0.6) is 0 Å². The number of hydrogen-bond acceptors (Lipinski definition) is 7. The van der Waals surface area contributed by atoms with Crippen molar-refractivity contribution in [2.75, 3.05) is 12.0 Å². The lowest BCUT2D eigenvalue weighted by Crippen LogP contribution is -2.31. The third-order valence-corrected chi connectivity index (χ3v) is 4.69. The molecule has 0 aliphatic heterocycles. The second-order valence-corrected chi connectivity index (χ2v) is 6.08. The summed E-state index contributed by atoms with van der Waals surface area (Å²) in [7, 11) is -3.67. The molecule has 112 valence electrons. The number of nitrogen functional groups attached to an aromatic ring is 1. The number of nitrogens with zero attached hydrogens (tertiary/aromatic N) is 4. The van der Waals surface area contributed by atoms with Crippen molar-refractivity contribution in [2.24, 2.45) is 5.84 Å². The van der Waals surface area contributed by atoms with Crippen LogP contribution in [0.25, 0.3) is 0 Å². The predicted octanol–water partition coefficient (Wildman–Crippen LogP) is 0.368. The van der Waals surface area contributed by atoms with Crippen molar-refractivity contribution < 1.29 is 8.42 Å². The lowest BCUT2D eigenvalue weighted by atomic mass is 10.3. The van der Waals surface area contributed by atoms with Gasteiger partial charge in [-0.15, -0.1) is 0 Å². The monoisotopic (exact) mass is 308 g/mol. The highest BCUT2D eigenvalue weighted by molar-refractivity contribution is 7.89. The average molecular weight is 308 g/mol. The van der Waals surface area contributed by atoms with E-state index in [4.69, 9.17) is 5.84 Å². The molecule has 21 heavy (non-hydrogen) atoms. The minimum Gasteiger partial charge on any atom is -0.292 e. The van der Waals surface area contributed by atoms with Crippen LogP contribution in [0, 0.1) is 0 Å². The van der Waals surface area contributed by atoms with Gasteiger partial charge in [0.05, 0.1) is 24.6 Å². The standard InChI is InChI=1S/C12H16N6O2S/c1-2-18(9-10-5-3-4-6-14-10)21(19,20)11-7-15-12(17-13)16-8-11/h3-8H,2,9,13H2,1H3,(H,15,16,17). The van der Waals surface area contributed by atoms with Crippen molar-refractivity contribution >= 4 is 16.0 Å². The first-order chi connectivity index (χ1) is 10.1. The van der Waals surface area contributed by atoms with Gasteiger partial charge in [-0.3, -0.25) is 10.4 Å². The Morgan fingerprint density at radius 1 is 1.24 bits per heavy atom. The van der Waals surface area contributed by atoms with Crippen LogP contribution < -0.4 is 11.3 Å². The maximum absolute atomic E-state index is 12.5. The van der Waals surface area contributed by atoms with E-state index >= 15 is 0 Å². The molecular weight excluding hydrogens is 292 g/mol. The molecule has 2 rings (SSSR count). The van der Waals surface area contributed by atoms with Gasteiger partial charge in [-0.25, -0.2) is 24.2 Å². The van der Waals surface area contributed by atoms with Gasteiger partial charge in [0.2, 0.25) is 16.0 Å². The molecule has 0 radical (unpaired) electrons. The Morgan fingerprint density at radius 2 is 1.95 bits per heavy atom. The number of rotatable bonds is 6. The van der Waals surface area contributed by atoms with E-state index < -0.39 is 10.0 Å². The van der Waals surface area contributed by atoms with Crippen molar-refractivity contribution in [1.82, 2.24) is 19.3 Å². The molecule has 0 aromatic carbocycles. The van der Waals surface area contributed by atoms with Gasteiger partial charge >= 0.3 is 0 Å². The predicted molar refractivity (Wildman–Crippen MR) is 77.3 cm³/mol. The van der Waals surface area contributed by atoms with E-state index in [1.807, 2.05) is 6.07 Å². The molecule has 2 aromatic heterocycles. The van der Waals surface area contributed by atoms with Crippen molar-refractivity contribution in [3.8, 4) is 0 Å². The van der Waals surface area contributed by atoms with E-state index in [-0.39, 0.29) is 17.4 Å². The van der Waals surface area contributed by atoms with E-state index in [1.54, 1.807) is 25.3 Å². The Labute approximate surface area is 123 Å². The summed E-state index contributed by atoms with van der Waals surface area (Å²) < 4.78 is 26.4. The summed E-state index contributed by atoms with van der Waals surface area (Å²) in [5, 5.41) is 0. The van der Waals surface area contributed by atoms with Crippen molar-refractivity contribution in [3.63, 3.8) is 0 Å². The van der Waals surface area contributed by atoms with E-state index in [2.05, 4.69) is 20.4 Å². The summed E-state index contributed by atoms with van der Waals surface area (Å²) in [5.41, 5.74) is 2.92. The average Bonchev–Trinajstić information content (AvgIpc) is 2.53. The third kappa shape index (κ3) is 3.51. The number of anilines is 1. The number of hydrogen-bond donors (Lipinski definition) is 2. The molecule has 0 unspecified atom stereocenters. The first-order valence-corrected chi connectivity index (χ1v) is 7.70. The first-order valence-electron chi connectivity index (χ1n) is 6.26. The minimum atomic E-state index is -3.67. The minimum absolute atomic E-state index is 0.0132. The molecule has 0 bridgehead atoms. The number of sulfonamides is 1. The van der Waals surface area contributed by atoms with Crippen LogP contribution in [0.1, 0.15) is 12.6 Å². The van der Waals surface area contributed by atoms with Gasteiger partial charge in [0.1, 0.15) is 4.90 Å². The molecule has 2 aromatic rings. The first kappa shape index (κ1) is 15.3. The molecule has 0 atom stereocenters. The highest BCUT2D eigenvalue weighted by Gasteiger charge is 2.24. The molecule has 0 aliphatic rings. The van der Waals surface area contributed by atoms with Crippen LogP contribution in [0.3, 0.4) is 0 Å². The largest absolute Gasteiger partial charge is 0.292 e. The van der Waals surface area contributed by atoms with Crippen LogP contribution >= 0.6 is 0 Å². The molecule has 0 amide bonds. The molecule has 9 heteroatoms. The van der Waals surface area contributed by atoms with E-state index in [9.17, 15) is 8.42 Å². The summed E-state index contributed by atoms with van der Waals surface area (Å²) in [6.45, 7) is 2.27. The Bertz CT molecular complexity index is 675. The summed E-state index contributed by atoms with van der Waals surface area (Å²) in [6.07, 6.45) is 4.07. The highest BCUT2D eigenvalue weighted by atomic mass is 32.2. The SMILES string of the molecule is CCN(Cc1ccccn1)S(=O)(=O)c1cnc(NN)nc1. The number of hydrazine groups is 1. The number of nitrogens with two attached hydrogens (primary N) is 1. The van der Waals surface area contributed by atoms with Gasteiger partial charge < -0.3 is 0 Å². The fourth-order valence-electron chi connectivity index (χ4n) is 1.71. The van der Waals surface area contributed by atoms with Crippen LogP contribution in [0.4, 0.5) is 5.95 Å². The quantitative estimate of drug-likeness (QED) is 0.585. The Kier molecular flexibility index (Phi) is 4.78. The van der Waals surface area contributed by atoms with Gasteiger partial charge in [-0.1, -0.05) is 13.0 Å². The molecule has 0 saturated carbocycles. The Hall–Kier alpha value is -2.10. The summed E-state index contributed by atoms with van der Waals surface area (Å²) in [6, 6.07) is 5.37. The van der Waals surface area contributed by atoms with Gasteiger partial charge in [-0.05, 0) is 12.1 Å². The molecule has 3 N–H and O–H groups in total. The summed E-state index contributed by atoms with van der Waals surface area (Å²) in [4.78, 5) is 11.8. The smallest absolute Gasteiger partial charge is 0.246 e. The van der Waals surface area contributed by atoms with Gasteiger partial charge in [0, 0.05) is 12.7 Å². The summed E-state index contributed by atoms with van der Waals surface area (Å²) >= 11 is 0. The van der Waals surface area contributed by atoms with Crippen molar-refractivity contribution in [1.29, 1.82) is 0 Å². The zero-order chi connectivity index (χ0) is 15.3. The van der Waals surface area contributed by atoms with E-state index in [0.29, 0.717) is 12.2 Å². The van der Waals surface area contributed by atoms with E-state index in [1.165, 1.54) is 16.7 Å². The van der Waals surface area contributed by atoms with Crippen LogP contribution in [-0.4, -0.2) is 34.2 Å². The molecule has 8 nitrogen and oxygen atoms in total. The Morgan fingerprint density at radius 3 is 2.48 bits per heavy atom. The lowest BCUT2D eigenvalue weighted by molar-refractivity contribution is 0.418. The fourth-order valence-corrected chi connectivity index (χ4v) is 3.02. The maximum Gasteiger partial charge on any atom is 0.246 e. The molecule has 2 heterocycles. The number of pyridine rings is 1. The molecule has 0 fully saturated rings. The van der Waals surface area contributed by atoms with Crippen LogP contribution in [0.15, 0.2) is 41.7 Å². The topological polar surface area (TPSA) is 114 Å². The van der Waals surface area contributed by atoms with Crippen LogP contribution in [0.2, 0.25) is 0 Å². The normalized spacial score (nSPS) is 11.6. The van der Waals surface area contributed by atoms with E-state index in [0.717, 1.165) is 0 Å². The molecule has 0 aliphatic carbocycles. The highest BCUT2D eigenvalue weighted by Crippen LogP contribution is 2.16. The zero-order valence-corrected chi connectivity index (χ0v) is 12.3. The lowest BCUT2D eigenvalue weighted by Gasteiger charge is -2.19. The van der Waals surface area contributed by atoms with Crippen molar-refractivity contribution in [2.45, 2.75) is 18.4 Å². The van der Waals surface area contributed by atoms with Gasteiger partial charge in [0.25, 0.3) is 0 Å². The molecular formula is C12H16N6O2S. The zero-order valence-electron chi connectivity index (χ0n) is 11.5.